The summed E-state index contributed by atoms with van der Waals surface area (Å²) in [5.41, 5.74) is 6.00. The van der Waals surface area contributed by atoms with Gasteiger partial charge in [-0.25, -0.2) is 0 Å². The predicted molar refractivity (Wildman–Crippen MR) is 84.5 cm³/mol. The summed E-state index contributed by atoms with van der Waals surface area (Å²) in [4.78, 5) is 16.8. The number of nitrogens with two attached hydrogens (primary N) is 1. The lowest BCUT2D eigenvalue weighted by Gasteiger charge is -2.42. The number of carbonyl (C=O) groups excluding carboxylic acids is 1. The van der Waals surface area contributed by atoms with Crippen molar-refractivity contribution < 1.29 is 4.79 Å². The summed E-state index contributed by atoms with van der Waals surface area (Å²) in [5.74, 6) is 1.23. The van der Waals surface area contributed by atoms with Gasteiger partial charge in [0.2, 0.25) is 5.91 Å². The van der Waals surface area contributed by atoms with E-state index in [4.69, 9.17) is 5.73 Å². The predicted octanol–water partition coefficient (Wildman–Crippen LogP) is 1.94. The molecule has 0 unspecified atom stereocenters. The Bertz CT molecular complexity index is 301. The normalized spacial score (nSPS) is 19.4. The minimum atomic E-state index is 0.201. The summed E-state index contributed by atoms with van der Waals surface area (Å²) in [6.45, 7) is 15.4. The van der Waals surface area contributed by atoms with Gasteiger partial charge in [-0.15, -0.1) is 0 Å². The molecule has 1 heterocycles. The average molecular weight is 283 g/mol. The molecular formula is C16H33N3O. The van der Waals surface area contributed by atoms with Crippen LogP contribution in [0.4, 0.5) is 0 Å². The van der Waals surface area contributed by atoms with Gasteiger partial charge in [0.05, 0.1) is 0 Å². The van der Waals surface area contributed by atoms with Crippen LogP contribution < -0.4 is 5.73 Å². The summed E-state index contributed by atoms with van der Waals surface area (Å²) < 4.78 is 0. The van der Waals surface area contributed by atoms with Crippen molar-refractivity contribution in [3.05, 3.63) is 0 Å². The van der Waals surface area contributed by atoms with Crippen molar-refractivity contribution in [3.8, 4) is 0 Å². The van der Waals surface area contributed by atoms with E-state index >= 15 is 0 Å². The molecule has 0 saturated carbocycles. The van der Waals surface area contributed by atoms with Crippen molar-refractivity contribution >= 4 is 5.91 Å². The SMILES string of the molecule is CC(C)C[C@H](CN)CC(=O)N1CCN(C(C)(C)C)CC1. The molecular weight excluding hydrogens is 250 g/mol. The third-order valence-corrected chi connectivity index (χ3v) is 4.18. The lowest BCUT2D eigenvalue weighted by molar-refractivity contribution is -0.134. The van der Waals surface area contributed by atoms with Crippen LogP contribution in [0.1, 0.15) is 47.5 Å². The maximum absolute atomic E-state index is 12.4. The summed E-state index contributed by atoms with van der Waals surface area (Å²) in [6.07, 6.45) is 1.66. The molecule has 1 saturated heterocycles. The molecule has 1 rings (SSSR count). The van der Waals surface area contributed by atoms with E-state index in [1.807, 2.05) is 4.90 Å². The third-order valence-electron chi connectivity index (χ3n) is 4.18. The van der Waals surface area contributed by atoms with Gasteiger partial charge in [0, 0.05) is 38.1 Å². The van der Waals surface area contributed by atoms with Gasteiger partial charge in [0.15, 0.2) is 0 Å². The van der Waals surface area contributed by atoms with Gasteiger partial charge in [-0.05, 0) is 45.6 Å². The Kier molecular flexibility index (Phi) is 6.46. The Morgan fingerprint density at radius 1 is 1.15 bits per heavy atom. The fourth-order valence-electron chi connectivity index (χ4n) is 2.93. The van der Waals surface area contributed by atoms with E-state index in [9.17, 15) is 4.79 Å². The third kappa shape index (κ3) is 5.41. The van der Waals surface area contributed by atoms with Gasteiger partial charge in [-0.3, -0.25) is 9.69 Å². The van der Waals surface area contributed by atoms with Gasteiger partial charge in [-0.1, -0.05) is 13.8 Å². The number of carbonyl (C=O) groups is 1. The van der Waals surface area contributed by atoms with Crippen LogP contribution in [-0.4, -0.2) is 54.0 Å². The molecule has 0 aromatic heterocycles. The Hall–Kier alpha value is -0.610. The van der Waals surface area contributed by atoms with E-state index in [0.29, 0.717) is 24.8 Å². The second-order valence-corrected chi connectivity index (χ2v) is 7.47. The molecule has 0 spiro atoms. The van der Waals surface area contributed by atoms with Crippen LogP contribution in [0.2, 0.25) is 0 Å². The van der Waals surface area contributed by atoms with Crippen molar-refractivity contribution in [2.45, 2.75) is 53.0 Å². The standard InChI is InChI=1S/C16H33N3O/c1-13(2)10-14(12-17)11-15(20)18-6-8-19(9-7-18)16(3,4)5/h13-14H,6-12,17H2,1-5H3/t14-/m0/s1. The molecule has 118 valence electrons. The lowest BCUT2D eigenvalue weighted by Crippen LogP contribution is -2.54. The first-order valence-electron chi connectivity index (χ1n) is 7.97. The second kappa shape index (κ2) is 7.41. The van der Waals surface area contributed by atoms with Crippen LogP contribution in [0.3, 0.4) is 0 Å². The van der Waals surface area contributed by atoms with Gasteiger partial charge >= 0.3 is 0 Å². The maximum Gasteiger partial charge on any atom is 0.222 e. The average Bonchev–Trinajstić information content (AvgIpc) is 2.36. The minimum absolute atomic E-state index is 0.201. The molecule has 4 nitrogen and oxygen atoms in total. The number of nitrogens with zero attached hydrogens (tertiary/aromatic N) is 2. The van der Waals surface area contributed by atoms with E-state index in [0.717, 1.165) is 32.6 Å². The largest absolute Gasteiger partial charge is 0.340 e. The zero-order chi connectivity index (χ0) is 15.3. The summed E-state index contributed by atoms with van der Waals surface area (Å²) in [7, 11) is 0. The highest BCUT2D eigenvalue weighted by Crippen LogP contribution is 2.19. The second-order valence-electron chi connectivity index (χ2n) is 7.47. The molecule has 1 fully saturated rings. The van der Waals surface area contributed by atoms with E-state index < -0.39 is 0 Å². The van der Waals surface area contributed by atoms with Crippen molar-refractivity contribution in [3.63, 3.8) is 0 Å². The summed E-state index contributed by atoms with van der Waals surface area (Å²) in [5, 5.41) is 0. The quantitative estimate of drug-likeness (QED) is 0.839. The number of piperazine rings is 1. The Morgan fingerprint density at radius 3 is 2.10 bits per heavy atom. The molecule has 0 radical (unpaired) electrons. The summed E-state index contributed by atoms with van der Waals surface area (Å²) in [6, 6.07) is 0. The Morgan fingerprint density at radius 2 is 1.70 bits per heavy atom. The van der Waals surface area contributed by atoms with Crippen molar-refractivity contribution in [1.82, 2.24) is 9.80 Å². The van der Waals surface area contributed by atoms with Gasteiger partial charge in [0.1, 0.15) is 0 Å². The molecule has 1 atom stereocenters. The highest BCUT2D eigenvalue weighted by atomic mass is 16.2. The molecule has 0 aromatic rings. The van der Waals surface area contributed by atoms with Gasteiger partial charge < -0.3 is 10.6 Å². The van der Waals surface area contributed by atoms with Crippen LogP contribution in [0.25, 0.3) is 0 Å². The van der Waals surface area contributed by atoms with Crippen LogP contribution in [0.15, 0.2) is 0 Å². The first-order chi connectivity index (χ1) is 9.24. The van der Waals surface area contributed by atoms with Crippen LogP contribution in [0.5, 0.6) is 0 Å². The summed E-state index contributed by atoms with van der Waals surface area (Å²) >= 11 is 0. The molecule has 2 N–H and O–H groups in total. The number of hydrogen-bond acceptors (Lipinski definition) is 3. The topological polar surface area (TPSA) is 49.6 Å². The van der Waals surface area contributed by atoms with Gasteiger partial charge in [-0.2, -0.15) is 0 Å². The van der Waals surface area contributed by atoms with E-state index in [1.54, 1.807) is 0 Å². The van der Waals surface area contributed by atoms with Crippen LogP contribution in [0, 0.1) is 11.8 Å². The van der Waals surface area contributed by atoms with Crippen molar-refractivity contribution in [2.75, 3.05) is 32.7 Å². The zero-order valence-electron chi connectivity index (χ0n) is 14.0. The number of hydrogen-bond donors (Lipinski definition) is 1. The molecule has 0 aliphatic carbocycles. The van der Waals surface area contributed by atoms with Crippen LogP contribution in [-0.2, 0) is 4.79 Å². The van der Waals surface area contributed by atoms with Crippen LogP contribution >= 0.6 is 0 Å². The molecule has 0 aromatic carbocycles. The van der Waals surface area contributed by atoms with Crippen molar-refractivity contribution in [2.24, 2.45) is 17.6 Å². The Labute approximate surface area is 124 Å². The molecule has 1 aliphatic heterocycles. The van der Waals surface area contributed by atoms with Gasteiger partial charge in [0.25, 0.3) is 0 Å². The lowest BCUT2D eigenvalue weighted by atomic mass is 9.93. The first kappa shape index (κ1) is 17.4. The first-order valence-corrected chi connectivity index (χ1v) is 7.97. The highest BCUT2D eigenvalue weighted by Gasteiger charge is 2.28. The molecule has 1 aliphatic rings. The molecule has 1 amide bonds. The zero-order valence-corrected chi connectivity index (χ0v) is 14.0. The van der Waals surface area contributed by atoms with E-state index in [-0.39, 0.29) is 11.4 Å². The van der Waals surface area contributed by atoms with E-state index in [2.05, 4.69) is 39.5 Å². The number of rotatable bonds is 5. The minimum Gasteiger partial charge on any atom is -0.340 e. The molecule has 4 heteroatoms. The monoisotopic (exact) mass is 283 g/mol. The fraction of sp³-hybridized carbons (Fsp3) is 0.938. The Balaban J connectivity index is 2.42. The smallest absolute Gasteiger partial charge is 0.222 e. The van der Waals surface area contributed by atoms with E-state index in [1.165, 1.54) is 0 Å². The molecule has 20 heavy (non-hydrogen) atoms. The maximum atomic E-state index is 12.4. The van der Waals surface area contributed by atoms with Crippen molar-refractivity contribution in [1.29, 1.82) is 0 Å². The fourth-order valence-corrected chi connectivity index (χ4v) is 2.93. The highest BCUT2D eigenvalue weighted by molar-refractivity contribution is 5.76. The molecule has 0 bridgehead atoms. The number of amides is 1.